The molecule has 0 bridgehead atoms. The molecule has 0 spiro atoms. The number of nitrogens with zero attached hydrogens (tertiary/aromatic N) is 2. The van der Waals surface area contributed by atoms with Crippen LogP contribution in [0.2, 0.25) is 0 Å². The van der Waals surface area contributed by atoms with Gasteiger partial charge in [-0.2, -0.15) is 0 Å². The zero-order valence-corrected chi connectivity index (χ0v) is 14.7. The molecule has 0 fully saturated rings. The van der Waals surface area contributed by atoms with Crippen LogP contribution in [-0.2, 0) is 0 Å². The highest BCUT2D eigenvalue weighted by atomic mass is 16.5. The first kappa shape index (κ1) is 18.4. The molecule has 0 saturated carbocycles. The van der Waals surface area contributed by atoms with Gasteiger partial charge < -0.3 is 14.7 Å². The monoisotopic (exact) mass is 342 g/mol. The summed E-state index contributed by atoms with van der Waals surface area (Å²) < 4.78 is 5.64. The van der Waals surface area contributed by atoms with Crippen LogP contribution < -0.4 is 9.64 Å². The number of carboxylic acids is 1. The topological polar surface area (TPSA) is 79.7 Å². The summed E-state index contributed by atoms with van der Waals surface area (Å²) in [5.74, 6) is -1.22. The molecular weight excluding hydrogens is 320 g/mol. The van der Waals surface area contributed by atoms with Crippen LogP contribution in [0.3, 0.4) is 0 Å². The summed E-state index contributed by atoms with van der Waals surface area (Å²) in [5.41, 5.74) is 1.04. The number of aromatic carboxylic acids is 1. The SMILES string of the molecule is CCOc1cc(N(CC)CC)ccc1C(=O)c1ncccc1C(=O)O. The van der Waals surface area contributed by atoms with E-state index in [9.17, 15) is 14.7 Å². The van der Waals surface area contributed by atoms with Crippen molar-refractivity contribution < 1.29 is 19.4 Å². The minimum Gasteiger partial charge on any atom is -0.493 e. The highest BCUT2D eigenvalue weighted by Crippen LogP contribution is 2.28. The van der Waals surface area contributed by atoms with E-state index in [2.05, 4.69) is 23.7 Å². The van der Waals surface area contributed by atoms with Gasteiger partial charge in [0.25, 0.3) is 0 Å². The number of carboxylic acid groups (broad SMARTS) is 1. The average molecular weight is 342 g/mol. The second-order valence-corrected chi connectivity index (χ2v) is 5.32. The molecule has 2 rings (SSSR count). The molecule has 1 aromatic carbocycles. The van der Waals surface area contributed by atoms with Gasteiger partial charge in [0.1, 0.15) is 11.4 Å². The molecule has 6 heteroatoms. The van der Waals surface area contributed by atoms with Crippen LogP contribution in [0.15, 0.2) is 36.5 Å². The zero-order valence-electron chi connectivity index (χ0n) is 14.7. The average Bonchev–Trinajstić information content (AvgIpc) is 2.62. The lowest BCUT2D eigenvalue weighted by molar-refractivity contribution is 0.0692. The maximum atomic E-state index is 12.9. The minimum absolute atomic E-state index is 0.0912. The summed E-state index contributed by atoms with van der Waals surface area (Å²) in [7, 11) is 0. The normalized spacial score (nSPS) is 10.4. The second kappa shape index (κ2) is 8.28. The molecular formula is C19H22N2O4. The van der Waals surface area contributed by atoms with E-state index >= 15 is 0 Å². The van der Waals surface area contributed by atoms with Crippen LogP contribution in [0.25, 0.3) is 0 Å². The molecule has 0 saturated heterocycles. The molecule has 0 aliphatic heterocycles. The van der Waals surface area contributed by atoms with Crippen LogP contribution in [0.4, 0.5) is 5.69 Å². The van der Waals surface area contributed by atoms with Crippen molar-refractivity contribution >= 4 is 17.4 Å². The van der Waals surface area contributed by atoms with Crippen molar-refractivity contribution in [1.82, 2.24) is 4.98 Å². The molecule has 0 atom stereocenters. The molecule has 25 heavy (non-hydrogen) atoms. The number of carbonyl (C=O) groups excluding carboxylic acids is 1. The van der Waals surface area contributed by atoms with E-state index < -0.39 is 11.8 Å². The lowest BCUT2D eigenvalue weighted by atomic mass is 10.0. The molecule has 0 amide bonds. The van der Waals surface area contributed by atoms with Crippen molar-refractivity contribution in [2.24, 2.45) is 0 Å². The predicted molar refractivity (Wildman–Crippen MR) is 95.8 cm³/mol. The fourth-order valence-electron chi connectivity index (χ4n) is 2.65. The molecule has 132 valence electrons. The Labute approximate surface area is 147 Å². The number of hydrogen-bond donors (Lipinski definition) is 1. The Morgan fingerprint density at radius 2 is 1.84 bits per heavy atom. The van der Waals surface area contributed by atoms with Crippen molar-refractivity contribution in [2.45, 2.75) is 20.8 Å². The Morgan fingerprint density at radius 1 is 1.12 bits per heavy atom. The van der Waals surface area contributed by atoms with Gasteiger partial charge in [-0.05, 0) is 45.0 Å². The second-order valence-electron chi connectivity index (χ2n) is 5.32. The van der Waals surface area contributed by atoms with Crippen LogP contribution >= 0.6 is 0 Å². The van der Waals surface area contributed by atoms with Crippen molar-refractivity contribution in [2.75, 3.05) is 24.6 Å². The lowest BCUT2D eigenvalue weighted by Gasteiger charge is -2.22. The van der Waals surface area contributed by atoms with E-state index in [1.807, 2.05) is 19.1 Å². The fourth-order valence-corrected chi connectivity index (χ4v) is 2.65. The smallest absolute Gasteiger partial charge is 0.338 e. The van der Waals surface area contributed by atoms with Gasteiger partial charge in [0.15, 0.2) is 0 Å². The zero-order chi connectivity index (χ0) is 18.4. The van der Waals surface area contributed by atoms with E-state index in [4.69, 9.17) is 4.74 Å². The molecule has 6 nitrogen and oxygen atoms in total. The Bertz CT molecular complexity index is 770. The maximum absolute atomic E-state index is 12.9. The van der Waals surface area contributed by atoms with Crippen LogP contribution in [0.1, 0.15) is 47.2 Å². The van der Waals surface area contributed by atoms with Crippen LogP contribution in [0, 0.1) is 0 Å². The molecule has 0 aliphatic carbocycles. The molecule has 1 heterocycles. The quantitative estimate of drug-likeness (QED) is 0.742. The maximum Gasteiger partial charge on any atom is 0.338 e. The Balaban J connectivity index is 2.51. The van der Waals surface area contributed by atoms with E-state index in [1.54, 1.807) is 6.07 Å². The predicted octanol–water partition coefficient (Wildman–Crippen LogP) is 3.26. The summed E-state index contributed by atoms with van der Waals surface area (Å²) in [6.45, 7) is 8.00. The van der Waals surface area contributed by atoms with Gasteiger partial charge in [0, 0.05) is 31.0 Å². The van der Waals surface area contributed by atoms with Gasteiger partial charge in [-0.15, -0.1) is 0 Å². The number of ketones is 1. The van der Waals surface area contributed by atoms with Gasteiger partial charge >= 0.3 is 5.97 Å². The van der Waals surface area contributed by atoms with Gasteiger partial charge in [-0.3, -0.25) is 9.78 Å². The van der Waals surface area contributed by atoms with E-state index in [0.29, 0.717) is 17.9 Å². The highest BCUT2D eigenvalue weighted by Gasteiger charge is 2.22. The Kier molecular flexibility index (Phi) is 6.11. The summed E-state index contributed by atoms with van der Waals surface area (Å²) in [5, 5.41) is 9.28. The van der Waals surface area contributed by atoms with Crippen molar-refractivity contribution in [3.05, 3.63) is 53.3 Å². The number of aromatic nitrogens is 1. The number of hydrogen-bond acceptors (Lipinski definition) is 5. The Morgan fingerprint density at radius 3 is 2.44 bits per heavy atom. The number of ether oxygens (including phenoxy) is 1. The van der Waals surface area contributed by atoms with Gasteiger partial charge in [-0.25, -0.2) is 4.79 Å². The van der Waals surface area contributed by atoms with Crippen LogP contribution in [0.5, 0.6) is 5.75 Å². The van der Waals surface area contributed by atoms with Gasteiger partial charge in [0.2, 0.25) is 5.78 Å². The summed E-state index contributed by atoms with van der Waals surface area (Å²) in [6, 6.07) is 8.18. The third kappa shape index (κ3) is 3.96. The summed E-state index contributed by atoms with van der Waals surface area (Å²) in [4.78, 5) is 30.3. The molecule has 1 N–H and O–H groups in total. The van der Waals surface area contributed by atoms with Gasteiger partial charge in [-0.1, -0.05) is 0 Å². The van der Waals surface area contributed by atoms with Crippen molar-refractivity contribution in [3.8, 4) is 5.75 Å². The number of pyridine rings is 1. The molecule has 2 aromatic rings. The molecule has 0 unspecified atom stereocenters. The van der Waals surface area contributed by atoms with Crippen molar-refractivity contribution in [1.29, 1.82) is 0 Å². The lowest BCUT2D eigenvalue weighted by Crippen LogP contribution is -2.22. The first-order valence-electron chi connectivity index (χ1n) is 8.28. The third-order valence-electron chi connectivity index (χ3n) is 3.89. The number of rotatable bonds is 8. The third-order valence-corrected chi connectivity index (χ3v) is 3.89. The van der Waals surface area contributed by atoms with E-state index in [1.165, 1.54) is 18.3 Å². The standard InChI is InChI=1S/C19H22N2O4/c1-4-21(5-2)13-9-10-14(16(12-13)25-6-3)18(22)17-15(19(23)24)8-7-11-20-17/h7-12H,4-6H2,1-3H3,(H,23,24). The number of carbonyl (C=O) groups is 2. The molecule has 0 radical (unpaired) electrons. The number of benzene rings is 1. The number of anilines is 1. The summed E-state index contributed by atoms with van der Waals surface area (Å²) in [6.07, 6.45) is 1.41. The van der Waals surface area contributed by atoms with Gasteiger partial charge in [0.05, 0.1) is 17.7 Å². The largest absolute Gasteiger partial charge is 0.493 e. The molecule has 1 aromatic heterocycles. The first-order chi connectivity index (χ1) is 12.0. The van der Waals surface area contributed by atoms with Crippen LogP contribution in [-0.4, -0.2) is 41.5 Å². The minimum atomic E-state index is -1.19. The Hall–Kier alpha value is -2.89. The van der Waals surface area contributed by atoms with E-state index in [0.717, 1.165) is 18.8 Å². The fraction of sp³-hybridized carbons (Fsp3) is 0.316. The van der Waals surface area contributed by atoms with E-state index in [-0.39, 0.29) is 11.3 Å². The summed E-state index contributed by atoms with van der Waals surface area (Å²) >= 11 is 0. The first-order valence-corrected chi connectivity index (χ1v) is 8.28. The highest BCUT2D eigenvalue weighted by molar-refractivity contribution is 6.14. The van der Waals surface area contributed by atoms with Crippen molar-refractivity contribution in [3.63, 3.8) is 0 Å². The molecule has 0 aliphatic rings.